The molecule has 0 radical (unpaired) electrons. The van der Waals surface area contributed by atoms with Crippen LogP contribution in [0.1, 0.15) is 10.4 Å². The molecule has 0 aromatic heterocycles. The third-order valence-corrected chi connectivity index (χ3v) is 3.56. The lowest BCUT2D eigenvalue weighted by atomic mass is 10.1. The minimum absolute atomic E-state index is 0.0406. The van der Waals surface area contributed by atoms with E-state index in [4.69, 9.17) is 27.9 Å². The van der Waals surface area contributed by atoms with Crippen LogP contribution >= 0.6 is 23.2 Å². The zero-order valence-corrected chi connectivity index (χ0v) is 12.6. The van der Waals surface area contributed by atoms with Gasteiger partial charge in [0, 0.05) is 13.7 Å². The first-order valence-corrected chi connectivity index (χ1v) is 6.82. The summed E-state index contributed by atoms with van der Waals surface area (Å²) in [7, 11) is 1.51. The second-order valence-corrected chi connectivity index (χ2v) is 5.13. The average molecular weight is 331 g/mol. The first-order valence-electron chi connectivity index (χ1n) is 6.07. The lowest BCUT2D eigenvalue weighted by Crippen LogP contribution is -2.41. The third kappa shape index (κ3) is 3.02. The van der Waals surface area contributed by atoms with Crippen molar-refractivity contribution in [1.82, 2.24) is 5.32 Å². The maximum absolute atomic E-state index is 12.0. The highest BCUT2D eigenvalue weighted by molar-refractivity contribution is 6.57. The zero-order valence-electron chi connectivity index (χ0n) is 11.1. The van der Waals surface area contributed by atoms with Crippen molar-refractivity contribution < 1.29 is 19.1 Å². The Bertz CT molecular complexity index is 618. The van der Waals surface area contributed by atoms with Gasteiger partial charge >= 0.3 is 0 Å². The highest BCUT2D eigenvalue weighted by Gasteiger charge is 2.40. The Balaban J connectivity index is 2.23. The van der Waals surface area contributed by atoms with E-state index in [9.17, 15) is 14.4 Å². The van der Waals surface area contributed by atoms with E-state index in [0.29, 0.717) is 13.2 Å². The number of rotatable bonds is 5. The van der Waals surface area contributed by atoms with E-state index >= 15 is 0 Å². The maximum atomic E-state index is 12.0. The molecule has 1 aliphatic rings. The lowest BCUT2D eigenvalue weighted by Gasteiger charge is -2.17. The summed E-state index contributed by atoms with van der Waals surface area (Å²) >= 11 is 12.0. The van der Waals surface area contributed by atoms with Gasteiger partial charge in [0.15, 0.2) is 0 Å². The Morgan fingerprint density at radius 2 is 1.95 bits per heavy atom. The van der Waals surface area contributed by atoms with Gasteiger partial charge in [0.1, 0.15) is 6.54 Å². The molecule has 1 aromatic rings. The molecule has 6 nitrogen and oxygen atoms in total. The number of ketones is 1. The van der Waals surface area contributed by atoms with E-state index in [1.54, 1.807) is 0 Å². The Kier molecular flexibility index (Phi) is 4.82. The van der Waals surface area contributed by atoms with Crippen LogP contribution < -0.4 is 10.2 Å². The molecule has 1 heterocycles. The first-order chi connectivity index (χ1) is 9.97. The van der Waals surface area contributed by atoms with Gasteiger partial charge in [0.05, 0.1) is 27.9 Å². The van der Waals surface area contributed by atoms with Gasteiger partial charge in [-0.15, -0.1) is 0 Å². The van der Waals surface area contributed by atoms with Gasteiger partial charge in [-0.25, -0.2) is 0 Å². The normalized spacial score (nSPS) is 13.6. The number of amides is 2. The van der Waals surface area contributed by atoms with Crippen molar-refractivity contribution in [2.45, 2.75) is 0 Å². The predicted octanol–water partition coefficient (Wildman–Crippen LogP) is 1.29. The number of fused-ring (bicyclic) bond motifs is 1. The number of benzene rings is 1. The molecular formula is C13H12Cl2N2O4. The van der Waals surface area contributed by atoms with E-state index in [1.807, 2.05) is 0 Å². The summed E-state index contributed by atoms with van der Waals surface area (Å²) in [6.45, 7) is 0.352. The van der Waals surface area contributed by atoms with E-state index < -0.39 is 17.6 Å². The third-order valence-electron chi connectivity index (χ3n) is 2.94. The largest absolute Gasteiger partial charge is 0.383 e. The predicted molar refractivity (Wildman–Crippen MR) is 78.0 cm³/mol. The Morgan fingerprint density at radius 1 is 1.29 bits per heavy atom. The van der Waals surface area contributed by atoms with E-state index in [1.165, 1.54) is 19.2 Å². The Morgan fingerprint density at radius 3 is 2.62 bits per heavy atom. The molecule has 112 valence electrons. The molecule has 21 heavy (non-hydrogen) atoms. The highest BCUT2D eigenvalue weighted by Crippen LogP contribution is 2.39. The minimum Gasteiger partial charge on any atom is -0.383 e. The number of halogens is 2. The van der Waals surface area contributed by atoms with Crippen molar-refractivity contribution in [2.24, 2.45) is 0 Å². The van der Waals surface area contributed by atoms with Crippen LogP contribution in [0.5, 0.6) is 0 Å². The smallest absolute Gasteiger partial charge is 0.300 e. The molecule has 0 saturated carbocycles. The summed E-state index contributed by atoms with van der Waals surface area (Å²) in [6.07, 6.45) is 0. The Hall–Kier alpha value is -1.63. The molecule has 0 aliphatic carbocycles. The molecule has 0 fully saturated rings. The second kappa shape index (κ2) is 6.43. The fourth-order valence-corrected chi connectivity index (χ4v) is 2.49. The number of carbonyl (C=O) groups excluding carboxylic acids is 3. The fraction of sp³-hybridized carbons (Fsp3) is 0.308. The van der Waals surface area contributed by atoms with Gasteiger partial charge in [-0.05, 0) is 12.1 Å². The van der Waals surface area contributed by atoms with Crippen LogP contribution in [-0.4, -0.2) is 44.4 Å². The highest BCUT2D eigenvalue weighted by atomic mass is 35.5. The lowest BCUT2D eigenvalue weighted by molar-refractivity contribution is -0.122. The number of anilines is 1. The van der Waals surface area contributed by atoms with Crippen LogP contribution in [0, 0.1) is 0 Å². The molecule has 1 aliphatic heterocycles. The van der Waals surface area contributed by atoms with Crippen LogP contribution in [0.3, 0.4) is 0 Å². The summed E-state index contributed by atoms with van der Waals surface area (Å²) in [5.74, 6) is -2.00. The van der Waals surface area contributed by atoms with Crippen LogP contribution in [0.4, 0.5) is 5.69 Å². The monoisotopic (exact) mass is 330 g/mol. The number of hydrogen-bond donors (Lipinski definition) is 1. The Labute approximate surface area is 130 Å². The van der Waals surface area contributed by atoms with Crippen LogP contribution in [0.2, 0.25) is 10.0 Å². The number of hydrogen-bond acceptors (Lipinski definition) is 4. The average Bonchev–Trinajstić information content (AvgIpc) is 2.69. The molecule has 2 amide bonds. The fourth-order valence-electron chi connectivity index (χ4n) is 1.99. The number of ether oxygens (including phenoxy) is 1. The maximum Gasteiger partial charge on any atom is 0.300 e. The number of carbonyl (C=O) groups is 3. The molecule has 0 bridgehead atoms. The quantitative estimate of drug-likeness (QED) is 0.652. The van der Waals surface area contributed by atoms with Crippen LogP contribution in [0.15, 0.2) is 12.1 Å². The minimum atomic E-state index is -0.818. The van der Waals surface area contributed by atoms with E-state index in [2.05, 4.69) is 5.32 Å². The van der Waals surface area contributed by atoms with Crippen molar-refractivity contribution in [2.75, 3.05) is 31.7 Å². The summed E-state index contributed by atoms with van der Waals surface area (Å²) in [5, 5.41) is 2.89. The van der Waals surface area contributed by atoms with E-state index in [-0.39, 0.29) is 27.8 Å². The molecular weight excluding hydrogens is 319 g/mol. The number of nitrogens with zero attached hydrogens (tertiary/aromatic N) is 1. The first kappa shape index (κ1) is 15.8. The second-order valence-electron chi connectivity index (χ2n) is 4.32. The summed E-state index contributed by atoms with van der Waals surface area (Å²) < 4.78 is 4.80. The number of nitrogens with one attached hydrogen (secondary N) is 1. The van der Waals surface area contributed by atoms with E-state index in [0.717, 1.165) is 4.90 Å². The molecule has 0 unspecified atom stereocenters. The van der Waals surface area contributed by atoms with Gasteiger partial charge in [-0.3, -0.25) is 19.3 Å². The molecule has 0 atom stereocenters. The van der Waals surface area contributed by atoms with Crippen molar-refractivity contribution in [3.63, 3.8) is 0 Å². The number of Topliss-reactive ketones (excluding diaryl/α,β-unsaturated/α-hetero) is 1. The van der Waals surface area contributed by atoms with Crippen molar-refractivity contribution in [3.8, 4) is 0 Å². The zero-order chi connectivity index (χ0) is 15.6. The van der Waals surface area contributed by atoms with Crippen molar-refractivity contribution >= 4 is 46.5 Å². The molecule has 1 N–H and O–H groups in total. The molecule has 8 heteroatoms. The van der Waals surface area contributed by atoms with Crippen LogP contribution in [-0.2, 0) is 14.3 Å². The van der Waals surface area contributed by atoms with Crippen LogP contribution in [0.25, 0.3) is 0 Å². The number of methoxy groups -OCH3 is 1. The van der Waals surface area contributed by atoms with Crippen molar-refractivity contribution in [3.05, 3.63) is 27.7 Å². The summed E-state index contributed by atoms with van der Waals surface area (Å²) in [4.78, 5) is 36.7. The summed E-state index contributed by atoms with van der Waals surface area (Å²) in [6, 6.07) is 2.92. The van der Waals surface area contributed by atoms with Crippen molar-refractivity contribution in [1.29, 1.82) is 0 Å². The SMILES string of the molecule is COCCNC(=O)CN1C(=O)C(=O)c2c(Cl)ccc(Cl)c21. The summed E-state index contributed by atoms with van der Waals surface area (Å²) in [5.41, 5.74) is 0.222. The molecule has 1 aromatic carbocycles. The van der Waals surface area contributed by atoms with Gasteiger partial charge < -0.3 is 10.1 Å². The topological polar surface area (TPSA) is 75.7 Å². The van der Waals surface area contributed by atoms with Gasteiger partial charge in [-0.1, -0.05) is 23.2 Å². The van der Waals surface area contributed by atoms with Gasteiger partial charge in [0.2, 0.25) is 5.91 Å². The molecule has 0 saturated heterocycles. The molecule has 0 spiro atoms. The molecule has 2 rings (SSSR count). The standard InChI is InChI=1S/C13H12Cl2N2O4/c1-21-5-4-16-9(18)6-17-11-8(15)3-2-7(14)10(11)12(19)13(17)20/h2-3H,4-6H2,1H3,(H,16,18). The van der Waals surface area contributed by atoms with Gasteiger partial charge in [-0.2, -0.15) is 0 Å². The van der Waals surface area contributed by atoms with Gasteiger partial charge in [0.25, 0.3) is 11.7 Å².